The van der Waals surface area contributed by atoms with Crippen LogP contribution in [-0.4, -0.2) is 36.9 Å². The van der Waals surface area contributed by atoms with Crippen LogP contribution in [0.3, 0.4) is 0 Å². The Labute approximate surface area is 123 Å². The fraction of sp³-hybridized carbons (Fsp3) is 0.167. The zero-order chi connectivity index (χ0) is 13.9. The van der Waals surface area contributed by atoms with Gasteiger partial charge in [0.25, 0.3) is 0 Å². The van der Waals surface area contributed by atoms with E-state index in [1.807, 2.05) is 35.0 Å². The minimum Gasteiger partial charge on any atom is -0.497 e. The summed E-state index contributed by atoms with van der Waals surface area (Å²) in [6.07, 6.45) is 3.57. The highest BCUT2D eigenvalue weighted by molar-refractivity contribution is 9.10. The standard InChI is InChI=1S/C12H11BrN6O/c1-20-10-4-2-9(3-5-10)19-11(15-16-17-19)8-18-7-6-14-12(18)13/h2-7H,8H2,1H3. The van der Waals surface area contributed by atoms with Crippen LogP contribution in [0.25, 0.3) is 5.69 Å². The zero-order valence-corrected chi connectivity index (χ0v) is 12.2. The number of ether oxygens (including phenoxy) is 1. The summed E-state index contributed by atoms with van der Waals surface area (Å²) in [5.41, 5.74) is 0.877. The first-order valence-electron chi connectivity index (χ1n) is 5.86. The van der Waals surface area contributed by atoms with Crippen LogP contribution in [0.2, 0.25) is 0 Å². The molecule has 2 heterocycles. The molecule has 0 aliphatic carbocycles. The molecule has 0 amide bonds. The van der Waals surface area contributed by atoms with Gasteiger partial charge in [-0.3, -0.25) is 0 Å². The molecule has 20 heavy (non-hydrogen) atoms. The SMILES string of the molecule is COc1ccc(-n2nnnc2Cn2ccnc2Br)cc1. The Bertz CT molecular complexity index is 705. The minimum atomic E-state index is 0.527. The van der Waals surface area contributed by atoms with Crippen molar-refractivity contribution >= 4 is 15.9 Å². The third kappa shape index (κ3) is 2.42. The lowest BCUT2D eigenvalue weighted by atomic mass is 10.3. The van der Waals surface area contributed by atoms with Gasteiger partial charge in [0.05, 0.1) is 19.3 Å². The van der Waals surface area contributed by atoms with Gasteiger partial charge in [0, 0.05) is 12.4 Å². The maximum Gasteiger partial charge on any atom is 0.177 e. The van der Waals surface area contributed by atoms with Crippen molar-refractivity contribution in [2.24, 2.45) is 0 Å². The van der Waals surface area contributed by atoms with Gasteiger partial charge >= 0.3 is 0 Å². The van der Waals surface area contributed by atoms with E-state index < -0.39 is 0 Å². The first kappa shape index (κ1) is 12.8. The summed E-state index contributed by atoms with van der Waals surface area (Å²) in [5.74, 6) is 1.51. The number of hydrogen-bond donors (Lipinski definition) is 0. The third-order valence-corrected chi connectivity index (χ3v) is 3.49. The molecular weight excluding hydrogens is 324 g/mol. The van der Waals surface area contributed by atoms with Gasteiger partial charge in [0.2, 0.25) is 0 Å². The number of methoxy groups -OCH3 is 1. The number of benzene rings is 1. The lowest BCUT2D eigenvalue weighted by Gasteiger charge is -2.06. The van der Waals surface area contributed by atoms with E-state index in [4.69, 9.17) is 4.74 Å². The van der Waals surface area contributed by atoms with Crippen LogP contribution in [0.4, 0.5) is 0 Å². The molecule has 0 bridgehead atoms. The van der Waals surface area contributed by atoms with E-state index in [0.717, 1.165) is 16.2 Å². The Balaban J connectivity index is 1.91. The maximum absolute atomic E-state index is 5.14. The first-order valence-corrected chi connectivity index (χ1v) is 6.65. The third-order valence-electron chi connectivity index (χ3n) is 2.83. The molecule has 0 aliphatic rings. The molecule has 0 spiro atoms. The van der Waals surface area contributed by atoms with Crippen LogP contribution in [-0.2, 0) is 6.54 Å². The highest BCUT2D eigenvalue weighted by atomic mass is 79.9. The number of nitrogens with zero attached hydrogens (tertiary/aromatic N) is 6. The second-order valence-electron chi connectivity index (χ2n) is 4.03. The van der Waals surface area contributed by atoms with Crippen LogP contribution >= 0.6 is 15.9 Å². The van der Waals surface area contributed by atoms with Crippen molar-refractivity contribution in [1.82, 2.24) is 29.8 Å². The fourth-order valence-electron chi connectivity index (χ4n) is 1.81. The van der Waals surface area contributed by atoms with E-state index in [1.54, 1.807) is 18.0 Å². The molecule has 0 atom stereocenters. The molecule has 3 rings (SSSR count). The number of aromatic nitrogens is 6. The van der Waals surface area contributed by atoms with E-state index in [9.17, 15) is 0 Å². The highest BCUT2D eigenvalue weighted by Crippen LogP contribution is 2.16. The van der Waals surface area contributed by atoms with Gasteiger partial charge in [-0.2, -0.15) is 4.68 Å². The van der Waals surface area contributed by atoms with Crippen molar-refractivity contribution in [3.8, 4) is 11.4 Å². The maximum atomic E-state index is 5.14. The molecule has 1 aromatic carbocycles. The van der Waals surface area contributed by atoms with Crippen LogP contribution in [0.15, 0.2) is 41.4 Å². The van der Waals surface area contributed by atoms with E-state index >= 15 is 0 Å². The molecule has 102 valence electrons. The topological polar surface area (TPSA) is 70.7 Å². The molecule has 0 radical (unpaired) electrons. The van der Waals surface area contributed by atoms with Gasteiger partial charge < -0.3 is 9.30 Å². The van der Waals surface area contributed by atoms with Crippen molar-refractivity contribution in [1.29, 1.82) is 0 Å². The monoisotopic (exact) mass is 334 g/mol. The van der Waals surface area contributed by atoms with E-state index in [1.165, 1.54) is 0 Å². The van der Waals surface area contributed by atoms with Gasteiger partial charge in [-0.25, -0.2) is 4.98 Å². The Kier molecular flexibility index (Phi) is 3.46. The Hall–Kier alpha value is -2.22. The Morgan fingerprint density at radius 1 is 1.25 bits per heavy atom. The average molecular weight is 335 g/mol. The summed E-state index contributed by atoms with van der Waals surface area (Å²) in [4.78, 5) is 4.11. The summed E-state index contributed by atoms with van der Waals surface area (Å²) in [6, 6.07) is 7.55. The summed E-state index contributed by atoms with van der Waals surface area (Å²) < 4.78 is 9.47. The van der Waals surface area contributed by atoms with Crippen LogP contribution in [0, 0.1) is 0 Å². The van der Waals surface area contributed by atoms with Gasteiger partial charge in [0.15, 0.2) is 10.6 Å². The molecule has 0 unspecified atom stereocenters. The largest absolute Gasteiger partial charge is 0.497 e. The lowest BCUT2D eigenvalue weighted by Crippen LogP contribution is -2.08. The molecule has 8 heteroatoms. The average Bonchev–Trinajstić information content (AvgIpc) is 3.09. The molecular formula is C12H11BrN6O. The summed E-state index contributed by atoms with van der Waals surface area (Å²) in [5, 5.41) is 11.8. The smallest absolute Gasteiger partial charge is 0.177 e. The second-order valence-corrected chi connectivity index (χ2v) is 4.74. The number of halogens is 1. The molecule has 3 aromatic rings. The van der Waals surface area contributed by atoms with Gasteiger partial charge in [0.1, 0.15) is 5.75 Å². The van der Waals surface area contributed by atoms with Crippen LogP contribution in [0.1, 0.15) is 5.82 Å². The summed E-state index contributed by atoms with van der Waals surface area (Å²) >= 11 is 3.37. The normalized spacial score (nSPS) is 10.7. The Morgan fingerprint density at radius 3 is 2.70 bits per heavy atom. The number of imidazole rings is 1. The quantitative estimate of drug-likeness (QED) is 0.725. The first-order chi connectivity index (χ1) is 9.78. The zero-order valence-electron chi connectivity index (χ0n) is 10.6. The molecule has 0 fully saturated rings. The van der Waals surface area contributed by atoms with Crippen molar-refractivity contribution in [2.75, 3.05) is 7.11 Å². The van der Waals surface area contributed by atoms with Crippen LogP contribution < -0.4 is 4.74 Å². The van der Waals surface area contributed by atoms with Crippen LogP contribution in [0.5, 0.6) is 5.75 Å². The van der Waals surface area contributed by atoms with E-state index in [-0.39, 0.29) is 0 Å². The fourth-order valence-corrected chi connectivity index (χ4v) is 2.17. The van der Waals surface area contributed by atoms with Crippen molar-refractivity contribution < 1.29 is 4.74 Å². The summed E-state index contributed by atoms with van der Waals surface area (Å²) in [6.45, 7) is 0.527. The highest BCUT2D eigenvalue weighted by Gasteiger charge is 2.10. The Morgan fingerprint density at radius 2 is 2.05 bits per heavy atom. The van der Waals surface area contributed by atoms with Crippen molar-refractivity contribution in [3.63, 3.8) is 0 Å². The summed E-state index contributed by atoms with van der Waals surface area (Å²) in [7, 11) is 1.63. The van der Waals surface area contributed by atoms with Gasteiger partial charge in [-0.05, 0) is 50.6 Å². The lowest BCUT2D eigenvalue weighted by molar-refractivity contribution is 0.414. The molecule has 0 aliphatic heterocycles. The van der Waals surface area contributed by atoms with Crippen molar-refractivity contribution in [2.45, 2.75) is 6.54 Å². The molecule has 0 N–H and O–H groups in total. The predicted molar refractivity (Wildman–Crippen MR) is 74.7 cm³/mol. The minimum absolute atomic E-state index is 0.527. The molecule has 7 nitrogen and oxygen atoms in total. The molecule has 2 aromatic heterocycles. The van der Waals surface area contributed by atoms with Crippen molar-refractivity contribution in [3.05, 3.63) is 47.2 Å². The van der Waals surface area contributed by atoms with Gasteiger partial charge in [-0.1, -0.05) is 0 Å². The van der Waals surface area contributed by atoms with E-state index in [2.05, 4.69) is 36.4 Å². The van der Waals surface area contributed by atoms with E-state index in [0.29, 0.717) is 12.4 Å². The van der Waals surface area contributed by atoms with Gasteiger partial charge in [-0.15, -0.1) is 5.10 Å². The number of rotatable bonds is 4. The number of hydrogen-bond acceptors (Lipinski definition) is 5. The number of tetrazole rings is 1. The molecule has 0 saturated carbocycles. The second kappa shape index (κ2) is 5.41. The molecule has 0 saturated heterocycles. The predicted octanol–water partition coefficient (Wildman–Crippen LogP) is 1.68.